The minimum atomic E-state index is -1.49. The second-order valence-electron chi connectivity index (χ2n) is 7.15. The van der Waals surface area contributed by atoms with Crippen molar-refractivity contribution in [2.75, 3.05) is 14.2 Å². The molecule has 0 saturated heterocycles. The summed E-state index contributed by atoms with van der Waals surface area (Å²) in [5, 5.41) is 10.9. The molecule has 6 heteroatoms. The van der Waals surface area contributed by atoms with Crippen LogP contribution in [0.3, 0.4) is 0 Å². The van der Waals surface area contributed by atoms with Crippen molar-refractivity contribution in [2.24, 2.45) is 5.92 Å². The molecule has 0 heterocycles. The third-order valence-corrected chi connectivity index (χ3v) is 5.31. The van der Waals surface area contributed by atoms with Crippen molar-refractivity contribution in [3.63, 3.8) is 0 Å². The molecular weight excluding hydrogens is 384 g/mol. The average Bonchev–Trinajstić information content (AvgIpc) is 2.84. The van der Waals surface area contributed by atoms with Gasteiger partial charge in [-0.3, -0.25) is 4.79 Å². The summed E-state index contributed by atoms with van der Waals surface area (Å²) in [6.07, 6.45) is 5.07. The molecule has 0 spiro atoms. The van der Waals surface area contributed by atoms with Crippen LogP contribution in [0.15, 0.2) is 60.7 Å². The van der Waals surface area contributed by atoms with Gasteiger partial charge in [-0.1, -0.05) is 79.9 Å². The van der Waals surface area contributed by atoms with Gasteiger partial charge in [-0.05, 0) is 18.4 Å². The van der Waals surface area contributed by atoms with Gasteiger partial charge in [0.25, 0.3) is 5.78 Å². The third kappa shape index (κ3) is 5.54. The summed E-state index contributed by atoms with van der Waals surface area (Å²) < 4.78 is 9.11. The fourth-order valence-electron chi connectivity index (χ4n) is 3.69. The van der Waals surface area contributed by atoms with Crippen LogP contribution in [0.5, 0.6) is 0 Å². The Morgan fingerprint density at radius 1 is 0.833 bits per heavy atom. The number of Topliss-reactive ketones (excluding diaryl/α,β-unsaturated/α-hetero) is 1. The summed E-state index contributed by atoms with van der Waals surface area (Å²) in [6, 6.07) is 17.4. The zero-order valence-corrected chi connectivity index (χ0v) is 17.4. The van der Waals surface area contributed by atoms with Crippen LogP contribution >= 0.6 is 0 Å². The van der Waals surface area contributed by atoms with E-state index in [1.54, 1.807) is 42.5 Å². The van der Waals surface area contributed by atoms with Gasteiger partial charge in [0.1, 0.15) is 0 Å². The highest BCUT2D eigenvalue weighted by atomic mass is 16.5. The van der Waals surface area contributed by atoms with E-state index >= 15 is 0 Å². The van der Waals surface area contributed by atoms with E-state index in [1.165, 1.54) is 20.6 Å². The molecule has 0 aromatic heterocycles. The number of hydrogen-bond acceptors (Lipinski definition) is 6. The number of hydrogen-bond donors (Lipinski definition) is 1. The lowest BCUT2D eigenvalue weighted by atomic mass is 9.73. The number of carbonyl (C=O) groups is 3. The zero-order chi connectivity index (χ0) is 22.0. The van der Waals surface area contributed by atoms with Crippen molar-refractivity contribution in [3.8, 4) is 0 Å². The molecule has 1 aliphatic rings. The van der Waals surface area contributed by atoms with Gasteiger partial charge in [0.15, 0.2) is 5.60 Å². The van der Waals surface area contributed by atoms with E-state index in [-0.39, 0.29) is 5.92 Å². The van der Waals surface area contributed by atoms with Crippen molar-refractivity contribution in [2.45, 2.75) is 37.7 Å². The average molecular weight is 412 g/mol. The molecule has 1 N–H and O–H groups in total. The van der Waals surface area contributed by atoms with Crippen molar-refractivity contribution in [3.05, 3.63) is 71.8 Å². The second kappa shape index (κ2) is 11.3. The van der Waals surface area contributed by atoms with Gasteiger partial charge in [-0.15, -0.1) is 0 Å². The Labute approximate surface area is 176 Å². The topological polar surface area (TPSA) is 89.9 Å². The number of esters is 2. The fraction of sp³-hybridized carbons (Fsp3) is 0.375. The first-order chi connectivity index (χ1) is 14.4. The van der Waals surface area contributed by atoms with E-state index in [0.29, 0.717) is 11.1 Å². The van der Waals surface area contributed by atoms with Crippen LogP contribution < -0.4 is 0 Å². The first-order valence-electron chi connectivity index (χ1n) is 9.99. The Balaban J connectivity index is 0.000000232. The fourth-order valence-corrected chi connectivity index (χ4v) is 3.69. The largest absolute Gasteiger partial charge is 0.467 e. The molecule has 0 amide bonds. The predicted molar refractivity (Wildman–Crippen MR) is 112 cm³/mol. The van der Waals surface area contributed by atoms with Gasteiger partial charge in [-0.2, -0.15) is 0 Å². The minimum Gasteiger partial charge on any atom is -0.467 e. The lowest BCUT2D eigenvalue weighted by molar-refractivity contribution is -0.172. The van der Waals surface area contributed by atoms with Gasteiger partial charge < -0.3 is 14.6 Å². The lowest BCUT2D eigenvalue weighted by Gasteiger charge is -2.36. The minimum absolute atomic E-state index is 0.0406. The molecule has 1 aliphatic carbocycles. The third-order valence-electron chi connectivity index (χ3n) is 5.31. The first kappa shape index (κ1) is 23.3. The Morgan fingerprint density at radius 3 is 1.87 bits per heavy atom. The number of carbonyl (C=O) groups excluding carboxylic acids is 3. The molecule has 2 aromatic carbocycles. The standard InChI is InChI=1S/C15H20O3.C9H8O3/c1-18-14(16)15(17,12-8-4-2-5-9-12)13-10-6-3-7-11-13;1-12-9(11)8(10)7-5-3-2-4-6-7/h2,4-5,8-9,13,17H,3,6-7,10-11H2,1H3;2-6H,1H3. The predicted octanol–water partition coefficient (Wildman–Crippen LogP) is 3.67. The van der Waals surface area contributed by atoms with Crippen LogP contribution in [-0.2, 0) is 24.7 Å². The lowest BCUT2D eigenvalue weighted by Crippen LogP contribution is -2.44. The summed E-state index contributed by atoms with van der Waals surface area (Å²) in [4.78, 5) is 33.9. The molecule has 1 unspecified atom stereocenters. The summed E-state index contributed by atoms with van der Waals surface area (Å²) in [5.41, 5.74) is -0.496. The smallest absolute Gasteiger partial charge is 0.379 e. The maximum absolute atomic E-state index is 12.1. The van der Waals surface area contributed by atoms with E-state index in [0.717, 1.165) is 25.7 Å². The van der Waals surface area contributed by atoms with Crippen LogP contribution in [0.2, 0.25) is 0 Å². The number of ether oxygens (including phenoxy) is 2. The van der Waals surface area contributed by atoms with Crippen LogP contribution in [0, 0.1) is 5.92 Å². The molecule has 3 rings (SSSR count). The highest BCUT2D eigenvalue weighted by Crippen LogP contribution is 2.40. The van der Waals surface area contributed by atoms with Crippen LogP contribution in [-0.4, -0.2) is 37.0 Å². The van der Waals surface area contributed by atoms with E-state index in [1.807, 2.05) is 18.2 Å². The van der Waals surface area contributed by atoms with Crippen molar-refractivity contribution in [1.82, 2.24) is 0 Å². The molecule has 160 valence electrons. The van der Waals surface area contributed by atoms with Crippen molar-refractivity contribution < 1.29 is 29.0 Å². The Bertz CT molecular complexity index is 827. The maximum atomic E-state index is 12.1. The normalized spacial score (nSPS) is 15.7. The van der Waals surface area contributed by atoms with Gasteiger partial charge in [0, 0.05) is 11.5 Å². The Hall–Kier alpha value is -2.99. The maximum Gasteiger partial charge on any atom is 0.379 e. The molecule has 1 atom stereocenters. The summed E-state index contributed by atoms with van der Waals surface area (Å²) >= 11 is 0. The monoisotopic (exact) mass is 412 g/mol. The molecule has 30 heavy (non-hydrogen) atoms. The summed E-state index contributed by atoms with van der Waals surface area (Å²) in [5.74, 6) is -2.03. The molecule has 0 bridgehead atoms. The molecule has 1 saturated carbocycles. The van der Waals surface area contributed by atoms with E-state index in [9.17, 15) is 19.5 Å². The molecule has 2 aromatic rings. The first-order valence-corrected chi connectivity index (χ1v) is 9.99. The van der Waals surface area contributed by atoms with Crippen LogP contribution in [0.25, 0.3) is 0 Å². The second-order valence-corrected chi connectivity index (χ2v) is 7.15. The molecular formula is C24H28O6. The number of aliphatic hydroxyl groups is 1. The van der Waals surface area contributed by atoms with E-state index in [2.05, 4.69) is 4.74 Å². The van der Waals surface area contributed by atoms with E-state index < -0.39 is 23.3 Å². The summed E-state index contributed by atoms with van der Waals surface area (Å²) in [7, 11) is 2.52. The van der Waals surface area contributed by atoms with Gasteiger partial charge in [0.2, 0.25) is 0 Å². The van der Waals surface area contributed by atoms with Gasteiger partial charge in [-0.25, -0.2) is 9.59 Å². The molecule has 1 fully saturated rings. The number of benzene rings is 2. The SMILES string of the molecule is COC(=O)C(=O)c1ccccc1.COC(=O)C(O)(c1ccccc1)C1CCCCC1. The number of methoxy groups -OCH3 is 2. The van der Waals surface area contributed by atoms with Crippen molar-refractivity contribution in [1.29, 1.82) is 0 Å². The summed E-state index contributed by atoms with van der Waals surface area (Å²) in [6.45, 7) is 0. The number of rotatable bonds is 5. The Morgan fingerprint density at radius 2 is 1.37 bits per heavy atom. The quantitative estimate of drug-likeness (QED) is 0.458. The van der Waals surface area contributed by atoms with Crippen LogP contribution in [0.4, 0.5) is 0 Å². The van der Waals surface area contributed by atoms with Gasteiger partial charge >= 0.3 is 11.9 Å². The van der Waals surface area contributed by atoms with Crippen molar-refractivity contribution >= 4 is 17.7 Å². The molecule has 6 nitrogen and oxygen atoms in total. The van der Waals surface area contributed by atoms with Crippen LogP contribution in [0.1, 0.15) is 48.0 Å². The highest BCUT2D eigenvalue weighted by molar-refractivity contribution is 6.40. The molecule has 0 aliphatic heterocycles. The molecule has 0 radical (unpaired) electrons. The number of ketones is 1. The van der Waals surface area contributed by atoms with E-state index in [4.69, 9.17) is 4.74 Å². The Kier molecular flexibility index (Phi) is 8.74. The highest BCUT2D eigenvalue weighted by Gasteiger charge is 2.46. The zero-order valence-electron chi connectivity index (χ0n) is 17.4. The van der Waals surface area contributed by atoms with Gasteiger partial charge in [0.05, 0.1) is 14.2 Å².